The van der Waals surface area contributed by atoms with Crippen molar-refractivity contribution in [3.63, 3.8) is 0 Å². The van der Waals surface area contributed by atoms with E-state index in [1.807, 2.05) is 32.0 Å². The van der Waals surface area contributed by atoms with E-state index in [-0.39, 0.29) is 10.6 Å². The highest BCUT2D eigenvalue weighted by Crippen LogP contribution is 2.15. The van der Waals surface area contributed by atoms with Crippen molar-refractivity contribution >= 4 is 17.3 Å². The second-order valence-corrected chi connectivity index (χ2v) is 5.79. The van der Waals surface area contributed by atoms with Gasteiger partial charge < -0.3 is 5.32 Å². The van der Waals surface area contributed by atoms with Gasteiger partial charge in [0.2, 0.25) is 0 Å². The van der Waals surface area contributed by atoms with Crippen LogP contribution in [0.1, 0.15) is 19.4 Å². The van der Waals surface area contributed by atoms with Gasteiger partial charge in [-0.05, 0) is 17.9 Å². The first-order valence-electron chi connectivity index (χ1n) is 7.11. The summed E-state index contributed by atoms with van der Waals surface area (Å²) in [7, 11) is 0. The molecule has 1 aromatic heterocycles. The van der Waals surface area contributed by atoms with Gasteiger partial charge in [-0.25, -0.2) is 4.68 Å². The molecule has 0 saturated heterocycles. The van der Waals surface area contributed by atoms with E-state index in [0.29, 0.717) is 24.7 Å². The van der Waals surface area contributed by atoms with E-state index in [1.54, 1.807) is 6.20 Å². The number of halogens is 1. The van der Waals surface area contributed by atoms with E-state index >= 15 is 0 Å². The third-order valence-electron chi connectivity index (χ3n) is 3.09. The van der Waals surface area contributed by atoms with E-state index in [4.69, 9.17) is 11.6 Å². The van der Waals surface area contributed by atoms with Gasteiger partial charge in [-0.3, -0.25) is 4.79 Å². The summed E-state index contributed by atoms with van der Waals surface area (Å²) < 4.78 is 1.41. The van der Waals surface area contributed by atoms with E-state index in [1.165, 1.54) is 10.2 Å². The highest BCUT2D eigenvalue weighted by Gasteiger charge is 2.09. The second-order valence-electron chi connectivity index (χ2n) is 5.42. The third-order valence-corrected chi connectivity index (χ3v) is 3.46. The van der Waals surface area contributed by atoms with Crippen molar-refractivity contribution in [2.24, 2.45) is 5.92 Å². The van der Waals surface area contributed by atoms with Gasteiger partial charge in [0.1, 0.15) is 5.02 Å². The maximum atomic E-state index is 12.1. The number of anilines is 1. The predicted octanol–water partition coefficient (Wildman–Crippen LogP) is 3.21. The molecule has 2 aromatic rings. The molecule has 0 saturated carbocycles. The smallest absolute Gasteiger partial charge is 0.287 e. The molecule has 0 unspecified atom stereocenters. The van der Waals surface area contributed by atoms with E-state index < -0.39 is 0 Å². The molecule has 0 radical (unpaired) electrons. The average molecular weight is 306 g/mol. The molecule has 0 fully saturated rings. The van der Waals surface area contributed by atoms with Crippen LogP contribution in [0.2, 0.25) is 5.02 Å². The molecule has 4 nitrogen and oxygen atoms in total. The van der Waals surface area contributed by atoms with Gasteiger partial charge in [-0.1, -0.05) is 55.8 Å². The normalized spacial score (nSPS) is 10.9. The summed E-state index contributed by atoms with van der Waals surface area (Å²) in [5.41, 5.74) is 1.59. The lowest BCUT2D eigenvalue weighted by molar-refractivity contribution is 0.464. The Morgan fingerprint density at radius 3 is 2.67 bits per heavy atom. The van der Waals surface area contributed by atoms with Crippen LogP contribution in [0.15, 0.2) is 41.3 Å². The Kier molecular flexibility index (Phi) is 5.39. The lowest BCUT2D eigenvalue weighted by Crippen LogP contribution is -2.26. The highest BCUT2D eigenvalue weighted by molar-refractivity contribution is 6.32. The van der Waals surface area contributed by atoms with Crippen LogP contribution in [0.25, 0.3) is 0 Å². The van der Waals surface area contributed by atoms with Crippen LogP contribution in [-0.4, -0.2) is 16.3 Å². The molecule has 0 aliphatic rings. The number of nitrogens with one attached hydrogen (secondary N) is 1. The molecule has 1 heterocycles. The molecule has 2 rings (SSSR count). The molecule has 0 bridgehead atoms. The minimum absolute atomic E-state index is 0.207. The standard InChI is InChI=1S/C16H20ClN3O/c1-12(2)11-20-16(21)15(17)14(10-19-20)18-9-8-13-6-4-3-5-7-13/h3-7,10,12,18H,8-9,11H2,1-2H3. The molecule has 0 amide bonds. The molecule has 0 aliphatic carbocycles. The van der Waals surface area contributed by atoms with Crippen LogP contribution in [0.5, 0.6) is 0 Å². The number of hydrogen-bond acceptors (Lipinski definition) is 3. The zero-order chi connectivity index (χ0) is 15.2. The number of hydrogen-bond donors (Lipinski definition) is 1. The van der Waals surface area contributed by atoms with Gasteiger partial charge >= 0.3 is 0 Å². The molecule has 21 heavy (non-hydrogen) atoms. The lowest BCUT2D eigenvalue weighted by Gasteiger charge is -2.11. The third kappa shape index (κ3) is 4.33. The van der Waals surface area contributed by atoms with Crippen molar-refractivity contribution in [2.75, 3.05) is 11.9 Å². The van der Waals surface area contributed by atoms with Crippen molar-refractivity contribution in [2.45, 2.75) is 26.8 Å². The van der Waals surface area contributed by atoms with E-state index in [9.17, 15) is 4.79 Å². The van der Waals surface area contributed by atoms with Crippen LogP contribution in [0.4, 0.5) is 5.69 Å². The Balaban J connectivity index is 2.01. The van der Waals surface area contributed by atoms with Crippen molar-refractivity contribution < 1.29 is 0 Å². The van der Waals surface area contributed by atoms with Gasteiger partial charge in [-0.2, -0.15) is 5.10 Å². The first-order chi connectivity index (χ1) is 10.1. The molecule has 1 N–H and O–H groups in total. The van der Waals surface area contributed by atoms with E-state index in [2.05, 4.69) is 22.5 Å². The van der Waals surface area contributed by atoms with Crippen LogP contribution < -0.4 is 10.9 Å². The Bertz CT molecular complexity index is 638. The van der Waals surface area contributed by atoms with Crippen molar-refractivity contribution in [1.29, 1.82) is 0 Å². The Labute approximate surface area is 129 Å². The van der Waals surface area contributed by atoms with Crippen LogP contribution in [0.3, 0.4) is 0 Å². The molecule has 0 spiro atoms. The van der Waals surface area contributed by atoms with E-state index in [0.717, 1.165) is 6.42 Å². The van der Waals surface area contributed by atoms with Crippen molar-refractivity contribution in [1.82, 2.24) is 9.78 Å². The largest absolute Gasteiger partial charge is 0.382 e. The zero-order valence-electron chi connectivity index (χ0n) is 12.3. The fraction of sp³-hybridized carbons (Fsp3) is 0.375. The summed E-state index contributed by atoms with van der Waals surface area (Å²) in [4.78, 5) is 12.1. The first kappa shape index (κ1) is 15.6. The van der Waals surface area contributed by atoms with Crippen molar-refractivity contribution in [3.05, 3.63) is 57.5 Å². The average Bonchev–Trinajstić information content (AvgIpc) is 2.47. The number of aromatic nitrogens is 2. The summed E-state index contributed by atoms with van der Waals surface area (Å²) in [6.07, 6.45) is 2.49. The van der Waals surface area contributed by atoms with Crippen LogP contribution in [0, 0.1) is 5.92 Å². The zero-order valence-corrected chi connectivity index (χ0v) is 13.1. The summed E-state index contributed by atoms with van der Waals surface area (Å²) in [5.74, 6) is 0.350. The Morgan fingerprint density at radius 2 is 2.00 bits per heavy atom. The summed E-state index contributed by atoms with van der Waals surface area (Å²) >= 11 is 6.13. The fourth-order valence-electron chi connectivity index (χ4n) is 2.05. The topological polar surface area (TPSA) is 46.9 Å². The predicted molar refractivity (Wildman–Crippen MR) is 87.0 cm³/mol. The Hall–Kier alpha value is -1.81. The maximum Gasteiger partial charge on any atom is 0.287 e. The van der Waals surface area contributed by atoms with Crippen LogP contribution >= 0.6 is 11.6 Å². The minimum Gasteiger partial charge on any atom is -0.382 e. The molecule has 1 aromatic carbocycles. The quantitative estimate of drug-likeness (QED) is 0.891. The van der Waals surface area contributed by atoms with Crippen molar-refractivity contribution in [3.8, 4) is 0 Å². The Morgan fingerprint density at radius 1 is 1.29 bits per heavy atom. The molecular formula is C16H20ClN3O. The highest BCUT2D eigenvalue weighted by atomic mass is 35.5. The number of nitrogens with zero attached hydrogens (tertiary/aromatic N) is 2. The molecular weight excluding hydrogens is 286 g/mol. The summed E-state index contributed by atoms with van der Waals surface area (Å²) in [5, 5.41) is 7.54. The van der Waals surface area contributed by atoms with Crippen LogP contribution in [-0.2, 0) is 13.0 Å². The van der Waals surface area contributed by atoms with Gasteiger partial charge in [0, 0.05) is 13.1 Å². The SMILES string of the molecule is CC(C)Cn1ncc(NCCc2ccccc2)c(Cl)c1=O. The molecule has 0 atom stereocenters. The monoisotopic (exact) mass is 305 g/mol. The van der Waals surface area contributed by atoms with Gasteiger partial charge in [0.25, 0.3) is 5.56 Å². The lowest BCUT2D eigenvalue weighted by atomic mass is 10.1. The van der Waals surface area contributed by atoms with Gasteiger partial charge in [0.15, 0.2) is 0 Å². The second kappa shape index (κ2) is 7.27. The van der Waals surface area contributed by atoms with Gasteiger partial charge in [0.05, 0.1) is 11.9 Å². The van der Waals surface area contributed by atoms with Gasteiger partial charge in [-0.15, -0.1) is 0 Å². The molecule has 112 valence electrons. The minimum atomic E-state index is -0.241. The number of benzene rings is 1. The summed E-state index contributed by atoms with van der Waals surface area (Å²) in [6.45, 7) is 5.35. The molecule has 5 heteroatoms. The summed E-state index contributed by atoms with van der Waals surface area (Å²) in [6, 6.07) is 10.2. The fourth-order valence-corrected chi connectivity index (χ4v) is 2.26. The maximum absolute atomic E-state index is 12.1. The first-order valence-corrected chi connectivity index (χ1v) is 7.49. The number of rotatable bonds is 6. The molecule has 0 aliphatic heterocycles.